The molecule has 1 atom stereocenters. The third-order valence-electron chi connectivity index (χ3n) is 5.44. The summed E-state index contributed by atoms with van der Waals surface area (Å²) >= 11 is 0. The lowest BCUT2D eigenvalue weighted by Crippen LogP contribution is -2.32. The summed E-state index contributed by atoms with van der Waals surface area (Å²) < 4.78 is 44.1. The number of anilines is 1. The number of aromatic hydroxyl groups is 1. The first kappa shape index (κ1) is 20.1. The molecule has 0 bridgehead atoms. The minimum atomic E-state index is -4.61. The van der Waals surface area contributed by atoms with Gasteiger partial charge in [0.05, 0.1) is 5.52 Å². The molecule has 1 aromatic heterocycles. The average Bonchev–Trinajstić information content (AvgIpc) is 2.98. The van der Waals surface area contributed by atoms with Crippen molar-refractivity contribution in [2.75, 3.05) is 5.32 Å². The highest BCUT2D eigenvalue weighted by Gasteiger charge is 2.39. The number of hydrogen-bond donors (Lipinski definition) is 2. The number of carbonyl (C=O) groups is 1. The van der Waals surface area contributed by atoms with E-state index in [-0.39, 0.29) is 5.75 Å². The van der Waals surface area contributed by atoms with E-state index in [0.717, 1.165) is 48.3 Å². The molecule has 0 spiro atoms. The molecule has 1 fully saturated rings. The molecule has 2 aromatic carbocycles. The Morgan fingerprint density at radius 1 is 1.17 bits per heavy atom. The summed E-state index contributed by atoms with van der Waals surface area (Å²) in [4.78, 5) is 11.7. The van der Waals surface area contributed by atoms with E-state index in [1.165, 1.54) is 0 Å². The molecule has 1 aliphatic rings. The predicted molar refractivity (Wildman–Crippen MR) is 108 cm³/mol. The zero-order chi connectivity index (χ0) is 21.5. The van der Waals surface area contributed by atoms with Crippen molar-refractivity contribution in [3.8, 4) is 17.0 Å². The van der Waals surface area contributed by atoms with Gasteiger partial charge in [0.1, 0.15) is 5.75 Å². The normalized spacial score (nSPS) is 15.6. The van der Waals surface area contributed by atoms with Gasteiger partial charge in [-0.1, -0.05) is 12.1 Å². The number of benzene rings is 2. The Morgan fingerprint density at radius 3 is 2.47 bits per heavy atom. The molecule has 5 nitrogen and oxygen atoms in total. The van der Waals surface area contributed by atoms with Crippen LogP contribution < -0.4 is 5.32 Å². The lowest BCUT2D eigenvalue weighted by Gasteiger charge is -2.30. The monoisotopic (exact) mass is 418 g/mol. The quantitative estimate of drug-likeness (QED) is 0.527. The molecule has 1 heterocycles. The molecule has 0 saturated heterocycles. The van der Waals surface area contributed by atoms with Crippen molar-refractivity contribution < 1.29 is 27.8 Å². The standard InChI is InChI=1S/C22H21F3N2O3/c1-13(22(23,24)25)30-21(29)26-16-8-5-14(6-9-16)19-11-15-7-10-18(28)12-20(15)27(19)17-3-2-4-17/h5-13,17,28H,2-4H2,1H3,(H,26,29)/t13-/m1/s1. The SMILES string of the molecule is C[C@@H](OC(=O)Nc1ccc(-c2cc3ccc(O)cc3n2C2CCC2)cc1)C(F)(F)F. The summed E-state index contributed by atoms with van der Waals surface area (Å²) in [6.07, 6.45) is -4.67. The topological polar surface area (TPSA) is 63.5 Å². The van der Waals surface area contributed by atoms with Crippen LogP contribution in [0.1, 0.15) is 32.2 Å². The van der Waals surface area contributed by atoms with E-state index in [4.69, 9.17) is 0 Å². The van der Waals surface area contributed by atoms with Crippen LogP contribution in [0.25, 0.3) is 22.2 Å². The minimum Gasteiger partial charge on any atom is -0.508 e. The van der Waals surface area contributed by atoms with Crippen LogP contribution in [-0.2, 0) is 4.74 Å². The second-order valence-electron chi connectivity index (χ2n) is 7.52. The van der Waals surface area contributed by atoms with Gasteiger partial charge in [0, 0.05) is 28.9 Å². The van der Waals surface area contributed by atoms with Crippen LogP contribution in [0.2, 0.25) is 0 Å². The van der Waals surface area contributed by atoms with Gasteiger partial charge in [0.2, 0.25) is 0 Å². The van der Waals surface area contributed by atoms with Crippen molar-refractivity contribution in [3.05, 3.63) is 48.5 Å². The van der Waals surface area contributed by atoms with Gasteiger partial charge in [-0.05, 0) is 62.1 Å². The number of hydrogen-bond acceptors (Lipinski definition) is 3. The van der Waals surface area contributed by atoms with Crippen LogP contribution in [0.3, 0.4) is 0 Å². The van der Waals surface area contributed by atoms with Crippen LogP contribution >= 0.6 is 0 Å². The van der Waals surface area contributed by atoms with Crippen molar-refractivity contribution in [1.29, 1.82) is 0 Å². The lowest BCUT2D eigenvalue weighted by molar-refractivity contribution is -0.196. The number of nitrogens with zero attached hydrogens (tertiary/aromatic N) is 1. The Morgan fingerprint density at radius 2 is 1.87 bits per heavy atom. The predicted octanol–water partition coefficient (Wildman–Crippen LogP) is 6.24. The molecular weight excluding hydrogens is 397 g/mol. The average molecular weight is 418 g/mol. The summed E-state index contributed by atoms with van der Waals surface area (Å²) in [5, 5.41) is 13.2. The van der Waals surface area contributed by atoms with Gasteiger partial charge < -0.3 is 14.4 Å². The molecule has 1 saturated carbocycles. The van der Waals surface area contributed by atoms with Gasteiger partial charge >= 0.3 is 12.3 Å². The van der Waals surface area contributed by atoms with Gasteiger partial charge in [-0.3, -0.25) is 5.32 Å². The van der Waals surface area contributed by atoms with E-state index < -0.39 is 18.4 Å². The maximum atomic E-state index is 12.5. The maximum absolute atomic E-state index is 12.5. The van der Waals surface area contributed by atoms with E-state index >= 15 is 0 Å². The Kier molecular flexibility index (Phi) is 5.09. The summed E-state index contributed by atoms with van der Waals surface area (Å²) in [6, 6.07) is 14.5. The van der Waals surface area contributed by atoms with Crippen molar-refractivity contribution in [2.24, 2.45) is 0 Å². The van der Waals surface area contributed by atoms with Gasteiger partial charge in [-0.2, -0.15) is 13.2 Å². The zero-order valence-electron chi connectivity index (χ0n) is 16.2. The number of phenols is 1. The van der Waals surface area contributed by atoms with Crippen molar-refractivity contribution >= 4 is 22.7 Å². The van der Waals surface area contributed by atoms with Crippen LogP contribution in [0.15, 0.2) is 48.5 Å². The van der Waals surface area contributed by atoms with Gasteiger partial charge in [0.25, 0.3) is 0 Å². The van der Waals surface area contributed by atoms with E-state index in [0.29, 0.717) is 11.7 Å². The number of amides is 1. The highest BCUT2D eigenvalue weighted by Crippen LogP contribution is 2.40. The van der Waals surface area contributed by atoms with Crippen LogP contribution in [-0.4, -0.2) is 28.0 Å². The number of halogens is 3. The molecule has 30 heavy (non-hydrogen) atoms. The molecule has 4 rings (SSSR count). The number of fused-ring (bicyclic) bond motifs is 1. The second kappa shape index (κ2) is 7.59. The van der Waals surface area contributed by atoms with Crippen LogP contribution in [0.4, 0.5) is 23.7 Å². The molecule has 8 heteroatoms. The number of rotatable bonds is 4. The van der Waals surface area contributed by atoms with Crippen molar-refractivity contribution in [2.45, 2.75) is 44.5 Å². The smallest absolute Gasteiger partial charge is 0.425 e. The number of alkyl halides is 3. The third kappa shape index (κ3) is 3.94. The number of nitrogens with one attached hydrogen (secondary N) is 1. The third-order valence-corrected chi connectivity index (χ3v) is 5.44. The van der Waals surface area contributed by atoms with E-state index in [9.17, 15) is 23.1 Å². The highest BCUT2D eigenvalue weighted by atomic mass is 19.4. The Hall–Kier alpha value is -3.16. The van der Waals surface area contributed by atoms with E-state index in [1.807, 2.05) is 6.07 Å². The molecule has 1 amide bonds. The molecule has 1 aliphatic carbocycles. The zero-order valence-corrected chi connectivity index (χ0v) is 16.2. The fraction of sp³-hybridized carbons (Fsp3) is 0.318. The number of aromatic nitrogens is 1. The molecule has 3 aromatic rings. The fourth-order valence-electron chi connectivity index (χ4n) is 3.57. The summed E-state index contributed by atoms with van der Waals surface area (Å²) in [7, 11) is 0. The fourth-order valence-corrected chi connectivity index (χ4v) is 3.57. The molecule has 0 unspecified atom stereocenters. The molecule has 0 radical (unpaired) electrons. The number of phenolic OH excluding ortho intramolecular Hbond substituents is 1. The van der Waals surface area contributed by atoms with Crippen LogP contribution in [0.5, 0.6) is 5.75 Å². The molecule has 2 N–H and O–H groups in total. The first-order valence-corrected chi connectivity index (χ1v) is 9.71. The van der Waals surface area contributed by atoms with Gasteiger partial charge in [-0.25, -0.2) is 4.79 Å². The molecular formula is C22H21F3N2O3. The van der Waals surface area contributed by atoms with Crippen LogP contribution in [0, 0.1) is 0 Å². The number of carbonyl (C=O) groups excluding carboxylic acids is 1. The van der Waals surface area contributed by atoms with E-state index in [2.05, 4.69) is 20.7 Å². The Bertz CT molecular complexity index is 1070. The molecule has 0 aliphatic heterocycles. The first-order valence-electron chi connectivity index (χ1n) is 9.71. The largest absolute Gasteiger partial charge is 0.508 e. The summed E-state index contributed by atoms with van der Waals surface area (Å²) in [5.74, 6) is 0.207. The highest BCUT2D eigenvalue weighted by molar-refractivity contribution is 5.89. The van der Waals surface area contributed by atoms with Crippen molar-refractivity contribution in [3.63, 3.8) is 0 Å². The summed E-state index contributed by atoms with van der Waals surface area (Å²) in [5.41, 5.74) is 3.18. The second-order valence-corrected chi connectivity index (χ2v) is 7.52. The van der Waals surface area contributed by atoms with E-state index in [1.54, 1.807) is 36.4 Å². The first-order chi connectivity index (χ1) is 14.2. The minimum absolute atomic E-state index is 0.207. The van der Waals surface area contributed by atoms with Gasteiger partial charge in [-0.15, -0.1) is 0 Å². The summed E-state index contributed by atoms with van der Waals surface area (Å²) in [6.45, 7) is 0.778. The number of ether oxygens (including phenoxy) is 1. The Balaban J connectivity index is 1.57. The molecule has 158 valence electrons. The maximum Gasteiger partial charge on any atom is 0.425 e. The Labute approximate surface area is 171 Å². The lowest BCUT2D eigenvalue weighted by atomic mass is 9.92. The van der Waals surface area contributed by atoms with Crippen molar-refractivity contribution in [1.82, 2.24) is 4.57 Å². The van der Waals surface area contributed by atoms with Gasteiger partial charge in [0.15, 0.2) is 6.10 Å².